The second-order valence-corrected chi connectivity index (χ2v) is 8.71. The summed E-state index contributed by atoms with van der Waals surface area (Å²) in [4.78, 5) is 0. The molecule has 0 aromatic heterocycles. The molecule has 4 rings (SSSR count). The smallest absolute Gasteiger partial charge is 0.186 e. The van der Waals surface area contributed by atoms with Gasteiger partial charge in [0.05, 0.1) is 19.8 Å². The SMILES string of the molecule is C=C[C@@H](O)[C@H]1O[C@H](OC)[C@H](OCc2ccccc2)[C@@H](OCc2ccccc2)[C@H]1OCc1ccccc1. The van der Waals surface area contributed by atoms with E-state index in [1.807, 2.05) is 91.0 Å². The molecule has 6 heteroatoms. The molecule has 1 heterocycles. The van der Waals surface area contributed by atoms with Gasteiger partial charge in [0.25, 0.3) is 0 Å². The standard InChI is InChI=1S/C30H34O6/c1-3-25(31)26-27(33-19-22-13-7-4-8-14-22)28(34-20-23-15-9-5-10-16-23)29(30(32-2)36-26)35-21-24-17-11-6-12-18-24/h3-18,25-31H,1,19-21H2,2H3/t25-,26-,27+,28+,29-,30+/m1/s1. The Morgan fingerprint density at radius 1 is 0.722 bits per heavy atom. The summed E-state index contributed by atoms with van der Waals surface area (Å²) in [7, 11) is 1.56. The third-order valence-corrected chi connectivity index (χ3v) is 6.20. The molecule has 0 amide bonds. The molecule has 190 valence electrons. The van der Waals surface area contributed by atoms with Gasteiger partial charge < -0.3 is 28.8 Å². The molecule has 0 spiro atoms. The molecule has 1 saturated heterocycles. The number of rotatable bonds is 12. The summed E-state index contributed by atoms with van der Waals surface area (Å²) in [5.41, 5.74) is 3.04. The largest absolute Gasteiger partial charge is 0.386 e. The maximum atomic E-state index is 10.8. The molecule has 36 heavy (non-hydrogen) atoms. The third-order valence-electron chi connectivity index (χ3n) is 6.20. The van der Waals surface area contributed by atoms with Crippen LogP contribution in [0.2, 0.25) is 0 Å². The van der Waals surface area contributed by atoms with Crippen molar-refractivity contribution < 1.29 is 28.8 Å². The maximum Gasteiger partial charge on any atom is 0.186 e. The number of hydrogen-bond donors (Lipinski definition) is 1. The van der Waals surface area contributed by atoms with Crippen molar-refractivity contribution in [1.29, 1.82) is 0 Å². The monoisotopic (exact) mass is 490 g/mol. The van der Waals surface area contributed by atoms with Crippen molar-refractivity contribution in [2.24, 2.45) is 0 Å². The Balaban J connectivity index is 1.61. The van der Waals surface area contributed by atoms with E-state index >= 15 is 0 Å². The van der Waals surface area contributed by atoms with Crippen LogP contribution in [-0.2, 0) is 43.5 Å². The lowest BCUT2D eigenvalue weighted by molar-refractivity contribution is -0.326. The van der Waals surface area contributed by atoms with Crippen LogP contribution in [0, 0.1) is 0 Å². The third kappa shape index (κ3) is 6.89. The van der Waals surface area contributed by atoms with Crippen molar-refractivity contribution in [1.82, 2.24) is 0 Å². The van der Waals surface area contributed by atoms with E-state index in [0.717, 1.165) is 16.7 Å². The van der Waals surface area contributed by atoms with E-state index < -0.39 is 36.8 Å². The van der Waals surface area contributed by atoms with Crippen molar-refractivity contribution >= 4 is 0 Å². The van der Waals surface area contributed by atoms with E-state index in [1.165, 1.54) is 6.08 Å². The molecule has 1 aliphatic rings. The summed E-state index contributed by atoms with van der Waals surface area (Å²) in [5.74, 6) is 0. The zero-order chi connectivity index (χ0) is 25.2. The minimum Gasteiger partial charge on any atom is -0.386 e. The fraction of sp³-hybridized carbons (Fsp3) is 0.333. The molecule has 0 saturated carbocycles. The van der Waals surface area contributed by atoms with Gasteiger partial charge in [-0.2, -0.15) is 0 Å². The van der Waals surface area contributed by atoms with Gasteiger partial charge in [0.15, 0.2) is 6.29 Å². The fourth-order valence-electron chi connectivity index (χ4n) is 4.29. The molecule has 0 bridgehead atoms. The minimum atomic E-state index is -0.985. The number of methoxy groups -OCH3 is 1. The zero-order valence-corrected chi connectivity index (χ0v) is 20.5. The van der Waals surface area contributed by atoms with Crippen molar-refractivity contribution in [3.63, 3.8) is 0 Å². The van der Waals surface area contributed by atoms with Gasteiger partial charge in [0.2, 0.25) is 0 Å². The second kappa shape index (κ2) is 13.5. The molecule has 1 aliphatic heterocycles. The van der Waals surface area contributed by atoms with E-state index in [4.69, 9.17) is 23.7 Å². The average molecular weight is 491 g/mol. The van der Waals surface area contributed by atoms with Gasteiger partial charge in [-0.1, -0.05) is 97.1 Å². The fourth-order valence-corrected chi connectivity index (χ4v) is 4.29. The molecule has 1 fully saturated rings. The molecule has 0 unspecified atom stereocenters. The molecule has 3 aromatic carbocycles. The minimum absolute atomic E-state index is 0.323. The second-order valence-electron chi connectivity index (χ2n) is 8.71. The number of benzene rings is 3. The Bertz CT molecular complexity index is 1030. The van der Waals surface area contributed by atoms with Crippen molar-refractivity contribution in [2.45, 2.75) is 56.6 Å². The Morgan fingerprint density at radius 2 is 1.14 bits per heavy atom. The number of ether oxygens (including phenoxy) is 5. The number of aliphatic hydroxyl groups is 1. The van der Waals surface area contributed by atoms with Crippen molar-refractivity contribution in [2.75, 3.05) is 7.11 Å². The quantitative estimate of drug-likeness (QED) is 0.373. The molecule has 1 N–H and O–H groups in total. The Hall–Kier alpha value is -2.84. The van der Waals surface area contributed by atoms with Gasteiger partial charge in [0.1, 0.15) is 30.5 Å². The predicted molar refractivity (Wildman–Crippen MR) is 137 cm³/mol. The van der Waals surface area contributed by atoms with Crippen LogP contribution in [0.4, 0.5) is 0 Å². The van der Waals surface area contributed by atoms with E-state index in [2.05, 4.69) is 6.58 Å². The van der Waals surface area contributed by atoms with Crippen LogP contribution in [-0.4, -0.2) is 49.0 Å². The number of hydrogen-bond acceptors (Lipinski definition) is 6. The normalized spacial score (nSPS) is 24.8. The molecule has 6 nitrogen and oxygen atoms in total. The first-order valence-corrected chi connectivity index (χ1v) is 12.1. The lowest BCUT2D eigenvalue weighted by Gasteiger charge is -2.46. The van der Waals surface area contributed by atoms with Crippen LogP contribution in [0.25, 0.3) is 0 Å². The molecule has 6 atom stereocenters. The first kappa shape index (κ1) is 26.2. The average Bonchev–Trinajstić information content (AvgIpc) is 2.94. The topological polar surface area (TPSA) is 66.4 Å². The first-order valence-electron chi connectivity index (χ1n) is 12.1. The van der Waals surface area contributed by atoms with E-state index in [-0.39, 0.29) is 0 Å². The van der Waals surface area contributed by atoms with Gasteiger partial charge in [-0.15, -0.1) is 6.58 Å². The summed E-state index contributed by atoms with van der Waals surface area (Å²) in [6, 6.07) is 29.7. The summed E-state index contributed by atoms with van der Waals surface area (Å²) in [5, 5.41) is 10.8. The van der Waals surface area contributed by atoms with Crippen molar-refractivity contribution in [3.05, 3.63) is 120 Å². The van der Waals surface area contributed by atoms with E-state index in [1.54, 1.807) is 7.11 Å². The molecule has 0 aliphatic carbocycles. The Kier molecular flexibility index (Phi) is 9.81. The van der Waals surface area contributed by atoms with Gasteiger partial charge in [0, 0.05) is 7.11 Å². The highest BCUT2D eigenvalue weighted by Gasteiger charge is 2.50. The van der Waals surface area contributed by atoms with Crippen LogP contribution in [0.3, 0.4) is 0 Å². The van der Waals surface area contributed by atoms with Crippen LogP contribution < -0.4 is 0 Å². The van der Waals surface area contributed by atoms with E-state index in [0.29, 0.717) is 19.8 Å². The summed E-state index contributed by atoms with van der Waals surface area (Å²) < 4.78 is 31.1. The Morgan fingerprint density at radius 3 is 1.56 bits per heavy atom. The molecular formula is C30H34O6. The zero-order valence-electron chi connectivity index (χ0n) is 20.5. The highest BCUT2D eigenvalue weighted by molar-refractivity contribution is 5.16. The predicted octanol–water partition coefficient (Wildman–Crippen LogP) is 4.66. The van der Waals surface area contributed by atoms with Crippen LogP contribution >= 0.6 is 0 Å². The summed E-state index contributed by atoms with van der Waals surface area (Å²) in [6.07, 6.45) is -2.91. The molecule has 0 radical (unpaired) electrons. The highest BCUT2D eigenvalue weighted by atomic mass is 16.7. The highest BCUT2D eigenvalue weighted by Crippen LogP contribution is 2.32. The first-order chi connectivity index (χ1) is 17.7. The summed E-state index contributed by atoms with van der Waals surface area (Å²) in [6.45, 7) is 4.77. The lowest BCUT2D eigenvalue weighted by Crippen LogP contribution is -2.63. The van der Waals surface area contributed by atoms with Gasteiger partial charge in [-0.25, -0.2) is 0 Å². The van der Waals surface area contributed by atoms with Gasteiger partial charge >= 0.3 is 0 Å². The molecule has 3 aromatic rings. The summed E-state index contributed by atoms with van der Waals surface area (Å²) >= 11 is 0. The number of aliphatic hydroxyl groups excluding tert-OH is 1. The van der Waals surface area contributed by atoms with Crippen LogP contribution in [0.5, 0.6) is 0 Å². The van der Waals surface area contributed by atoms with Crippen LogP contribution in [0.1, 0.15) is 16.7 Å². The van der Waals surface area contributed by atoms with Crippen LogP contribution in [0.15, 0.2) is 104 Å². The van der Waals surface area contributed by atoms with Gasteiger partial charge in [-0.3, -0.25) is 0 Å². The van der Waals surface area contributed by atoms with E-state index in [9.17, 15) is 5.11 Å². The Labute approximate surface area is 213 Å². The lowest BCUT2D eigenvalue weighted by atomic mass is 9.94. The maximum absolute atomic E-state index is 10.8. The molecular weight excluding hydrogens is 456 g/mol. The van der Waals surface area contributed by atoms with Gasteiger partial charge in [-0.05, 0) is 16.7 Å². The van der Waals surface area contributed by atoms with Crippen molar-refractivity contribution in [3.8, 4) is 0 Å².